The number of carbonyl (C=O) groups is 2. The Morgan fingerprint density at radius 1 is 1.12 bits per heavy atom. The molecule has 7 nitrogen and oxygen atoms in total. The van der Waals surface area contributed by atoms with Crippen LogP contribution in [-0.4, -0.2) is 54.6 Å². The number of aromatic amines is 1. The van der Waals surface area contributed by atoms with Gasteiger partial charge < -0.3 is 25.3 Å². The van der Waals surface area contributed by atoms with Gasteiger partial charge in [-0.1, -0.05) is 19.3 Å². The van der Waals surface area contributed by atoms with Crippen molar-refractivity contribution in [3.8, 4) is 5.75 Å². The lowest BCUT2D eigenvalue weighted by molar-refractivity contribution is -0.132. The highest BCUT2D eigenvalue weighted by molar-refractivity contribution is 5.85. The summed E-state index contributed by atoms with van der Waals surface area (Å²) >= 11 is 0. The highest BCUT2D eigenvalue weighted by Gasteiger charge is 2.25. The van der Waals surface area contributed by atoms with Crippen LogP contribution in [0.3, 0.4) is 0 Å². The second kappa shape index (κ2) is 10.7. The third-order valence-electron chi connectivity index (χ3n) is 7.00. The van der Waals surface area contributed by atoms with Crippen LogP contribution in [0, 0.1) is 0 Å². The molecule has 1 aliphatic heterocycles. The number of carbonyl (C=O) groups excluding carboxylic acids is 2. The number of benzene rings is 1. The second-order valence-corrected chi connectivity index (χ2v) is 9.15. The van der Waals surface area contributed by atoms with E-state index in [1.54, 1.807) is 7.11 Å². The first-order valence-electron chi connectivity index (χ1n) is 12.1. The number of urea groups is 1. The molecule has 3 N–H and O–H groups in total. The van der Waals surface area contributed by atoms with Crippen LogP contribution in [0.15, 0.2) is 24.4 Å². The molecule has 1 saturated carbocycles. The monoisotopic (exact) mass is 440 g/mol. The van der Waals surface area contributed by atoms with Crippen LogP contribution < -0.4 is 15.4 Å². The average Bonchev–Trinajstić information content (AvgIpc) is 3.25. The Morgan fingerprint density at radius 3 is 2.66 bits per heavy atom. The topological polar surface area (TPSA) is 86.5 Å². The summed E-state index contributed by atoms with van der Waals surface area (Å²) in [5.74, 6) is 1.51. The summed E-state index contributed by atoms with van der Waals surface area (Å²) < 4.78 is 5.39. The van der Waals surface area contributed by atoms with Crippen molar-refractivity contribution in [2.24, 2.45) is 0 Å². The molecule has 2 aromatic rings. The number of aromatic nitrogens is 1. The Balaban J connectivity index is 1.17. The van der Waals surface area contributed by atoms with Gasteiger partial charge in [-0.05, 0) is 61.8 Å². The molecule has 7 heteroatoms. The molecular formula is C25H36N4O3. The lowest BCUT2D eigenvalue weighted by Gasteiger charge is -2.32. The molecule has 0 radical (unpaired) electrons. The summed E-state index contributed by atoms with van der Waals surface area (Å²) in [5, 5.41) is 7.17. The SMILES string of the molecule is COc1ccc2[nH]cc(C3CCN(C(=O)CCCNC(=O)NC4CCCCC4)CC3)c2c1. The molecule has 1 aromatic heterocycles. The summed E-state index contributed by atoms with van der Waals surface area (Å²) in [6.07, 6.45) is 11.0. The van der Waals surface area contributed by atoms with Gasteiger partial charge in [0.15, 0.2) is 0 Å². The van der Waals surface area contributed by atoms with E-state index in [-0.39, 0.29) is 11.9 Å². The van der Waals surface area contributed by atoms with Crippen LogP contribution in [0.25, 0.3) is 10.9 Å². The van der Waals surface area contributed by atoms with Gasteiger partial charge in [-0.15, -0.1) is 0 Å². The number of fused-ring (bicyclic) bond motifs is 1. The van der Waals surface area contributed by atoms with E-state index in [1.165, 1.54) is 30.2 Å². The van der Waals surface area contributed by atoms with E-state index >= 15 is 0 Å². The van der Waals surface area contributed by atoms with Crippen molar-refractivity contribution in [2.75, 3.05) is 26.7 Å². The first-order valence-corrected chi connectivity index (χ1v) is 12.1. The number of nitrogens with zero attached hydrogens (tertiary/aromatic N) is 1. The van der Waals surface area contributed by atoms with Crippen molar-refractivity contribution < 1.29 is 14.3 Å². The van der Waals surface area contributed by atoms with Crippen LogP contribution in [0.2, 0.25) is 0 Å². The van der Waals surface area contributed by atoms with Gasteiger partial charge in [0, 0.05) is 49.2 Å². The van der Waals surface area contributed by atoms with Gasteiger partial charge in [0.2, 0.25) is 5.91 Å². The number of methoxy groups -OCH3 is 1. The molecule has 2 aliphatic rings. The fourth-order valence-corrected chi connectivity index (χ4v) is 5.11. The van der Waals surface area contributed by atoms with Crippen molar-refractivity contribution in [1.29, 1.82) is 0 Å². The van der Waals surface area contributed by atoms with E-state index in [0.29, 0.717) is 31.3 Å². The fraction of sp³-hybridized carbons (Fsp3) is 0.600. The summed E-state index contributed by atoms with van der Waals surface area (Å²) in [6, 6.07) is 6.33. The minimum Gasteiger partial charge on any atom is -0.497 e. The maximum Gasteiger partial charge on any atom is 0.315 e. The Hall–Kier alpha value is -2.70. The predicted octanol–water partition coefficient (Wildman–Crippen LogP) is 4.29. The van der Waals surface area contributed by atoms with Crippen molar-refractivity contribution in [1.82, 2.24) is 20.5 Å². The molecule has 0 unspecified atom stereocenters. The Labute approximate surface area is 190 Å². The van der Waals surface area contributed by atoms with E-state index in [0.717, 1.165) is 50.0 Å². The lowest BCUT2D eigenvalue weighted by atomic mass is 9.89. The average molecular weight is 441 g/mol. The predicted molar refractivity (Wildman–Crippen MR) is 126 cm³/mol. The van der Waals surface area contributed by atoms with Crippen molar-refractivity contribution in [3.63, 3.8) is 0 Å². The molecule has 2 heterocycles. The van der Waals surface area contributed by atoms with E-state index in [4.69, 9.17) is 4.74 Å². The number of H-pyrrole nitrogens is 1. The number of hydrogen-bond acceptors (Lipinski definition) is 3. The largest absolute Gasteiger partial charge is 0.497 e. The first-order chi connectivity index (χ1) is 15.6. The van der Waals surface area contributed by atoms with Gasteiger partial charge in [0.25, 0.3) is 0 Å². The van der Waals surface area contributed by atoms with Gasteiger partial charge >= 0.3 is 6.03 Å². The summed E-state index contributed by atoms with van der Waals surface area (Å²) in [6.45, 7) is 2.11. The number of nitrogens with one attached hydrogen (secondary N) is 3. The number of ether oxygens (including phenoxy) is 1. The second-order valence-electron chi connectivity index (χ2n) is 9.15. The zero-order chi connectivity index (χ0) is 22.3. The smallest absolute Gasteiger partial charge is 0.315 e. The van der Waals surface area contributed by atoms with Crippen LogP contribution in [0.5, 0.6) is 5.75 Å². The van der Waals surface area contributed by atoms with Crippen LogP contribution in [0.4, 0.5) is 4.79 Å². The quantitative estimate of drug-likeness (QED) is 0.561. The highest BCUT2D eigenvalue weighted by atomic mass is 16.5. The van der Waals surface area contributed by atoms with Crippen LogP contribution in [-0.2, 0) is 4.79 Å². The molecule has 1 aromatic carbocycles. The summed E-state index contributed by atoms with van der Waals surface area (Å²) in [5.41, 5.74) is 2.44. The van der Waals surface area contributed by atoms with Crippen LogP contribution >= 0.6 is 0 Å². The Bertz CT molecular complexity index is 911. The van der Waals surface area contributed by atoms with E-state index in [2.05, 4.69) is 33.9 Å². The third-order valence-corrected chi connectivity index (χ3v) is 7.00. The summed E-state index contributed by atoms with van der Waals surface area (Å²) in [7, 11) is 1.69. The number of hydrogen-bond donors (Lipinski definition) is 3. The number of piperidine rings is 1. The van der Waals surface area contributed by atoms with Gasteiger partial charge in [-0.3, -0.25) is 4.79 Å². The first kappa shape index (κ1) is 22.5. The highest BCUT2D eigenvalue weighted by Crippen LogP contribution is 2.34. The molecule has 0 atom stereocenters. The van der Waals surface area contributed by atoms with E-state index < -0.39 is 0 Å². The van der Waals surface area contributed by atoms with Crippen molar-refractivity contribution in [3.05, 3.63) is 30.0 Å². The molecule has 174 valence electrons. The summed E-state index contributed by atoms with van der Waals surface area (Å²) in [4.78, 5) is 30.0. The zero-order valence-corrected chi connectivity index (χ0v) is 19.1. The molecule has 2 fully saturated rings. The third kappa shape index (κ3) is 5.56. The maximum absolute atomic E-state index is 12.6. The zero-order valence-electron chi connectivity index (χ0n) is 19.1. The lowest BCUT2D eigenvalue weighted by Crippen LogP contribution is -2.43. The minimum atomic E-state index is -0.0967. The van der Waals surface area contributed by atoms with E-state index in [1.807, 2.05) is 11.0 Å². The van der Waals surface area contributed by atoms with Gasteiger partial charge in [0.05, 0.1) is 7.11 Å². The van der Waals surface area contributed by atoms with Crippen molar-refractivity contribution >= 4 is 22.8 Å². The molecule has 0 spiro atoms. The fourth-order valence-electron chi connectivity index (χ4n) is 5.11. The molecule has 3 amide bonds. The standard InChI is InChI=1S/C25H36N4O3/c1-32-20-9-10-23-21(16-20)22(17-27-23)18-11-14-29(15-12-18)24(30)8-5-13-26-25(31)28-19-6-3-2-4-7-19/h9-10,16-19,27H,2-8,11-15H2,1H3,(H2,26,28,31). The molecular weight excluding hydrogens is 404 g/mol. The minimum absolute atomic E-state index is 0.0967. The number of rotatable bonds is 7. The molecule has 1 saturated heterocycles. The Kier molecular flexibility index (Phi) is 7.55. The number of amides is 3. The normalized spacial score (nSPS) is 18.0. The van der Waals surface area contributed by atoms with Gasteiger partial charge in [-0.25, -0.2) is 4.79 Å². The number of likely N-dealkylation sites (tertiary alicyclic amines) is 1. The maximum atomic E-state index is 12.6. The molecule has 1 aliphatic carbocycles. The van der Waals surface area contributed by atoms with Crippen LogP contribution in [0.1, 0.15) is 69.3 Å². The van der Waals surface area contributed by atoms with Gasteiger partial charge in [0.1, 0.15) is 5.75 Å². The van der Waals surface area contributed by atoms with Gasteiger partial charge in [-0.2, -0.15) is 0 Å². The molecule has 4 rings (SSSR count). The van der Waals surface area contributed by atoms with E-state index in [9.17, 15) is 9.59 Å². The molecule has 0 bridgehead atoms. The van der Waals surface area contributed by atoms with Crippen molar-refractivity contribution in [2.45, 2.75) is 69.7 Å². The molecule has 32 heavy (non-hydrogen) atoms. The Morgan fingerprint density at radius 2 is 1.91 bits per heavy atom.